The van der Waals surface area contributed by atoms with Gasteiger partial charge in [-0.05, 0) is 57.8 Å². The van der Waals surface area contributed by atoms with Crippen LogP contribution in [0.2, 0.25) is 0 Å². The van der Waals surface area contributed by atoms with Crippen molar-refractivity contribution in [2.24, 2.45) is 5.73 Å². The van der Waals surface area contributed by atoms with Crippen LogP contribution in [0.4, 0.5) is 0 Å². The van der Waals surface area contributed by atoms with Gasteiger partial charge in [-0.1, -0.05) is 376 Å². The number of ether oxygens (including phenoxy) is 2. The number of esters is 2. The lowest BCUT2D eigenvalue weighted by molar-refractivity contribution is -0.161. The average Bonchev–Trinajstić information content (AvgIpc) is 3.64. The average molecular weight is 1240 g/mol. The number of hydrogen-bond acceptors (Lipinski definition) is 8. The second-order valence-corrected chi connectivity index (χ2v) is 27.0. The third kappa shape index (κ3) is 72.6. The van der Waals surface area contributed by atoms with Crippen LogP contribution in [0.15, 0.2) is 60.8 Å². The van der Waals surface area contributed by atoms with Crippen LogP contribution < -0.4 is 5.73 Å². The quantitative estimate of drug-likeness (QED) is 0.0264. The fourth-order valence-corrected chi connectivity index (χ4v) is 12.1. The lowest BCUT2D eigenvalue weighted by atomic mass is 10.0. The van der Waals surface area contributed by atoms with Crippen LogP contribution in [0, 0.1) is 0 Å². The Labute approximate surface area is 539 Å². The molecule has 0 spiro atoms. The zero-order valence-corrected chi connectivity index (χ0v) is 58.4. The van der Waals surface area contributed by atoms with E-state index in [0.717, 1.165) is 64.2 Å². The molecule has 0 radical (unpaired) electrons. The van der Waals surface area contributed by atoms with Gasteiger partial charge in [-0.25, -0.2) is 4.57 Å². The van der Waals surface area contributed by atoms with Crippen molar-refractivity contribution in [1.29, 1.82) is 0 Å². The van der Waals surface area contributed by atoms with Gasteiger partial charge in [0.15, 0.2) is 6.10 Å². The van der Waals surface area contributed by atoms with Crippen LogP contribution >= 0.6 is 7.82 Å². The van der Waals surface area contributed by atoms with Gasteiger partial charge in [-0.3, -0.25) is 18.6 Å². The van der Waals surface area contributed by atoms with Crippen molar-refractivity contribution in [2.45, 2.75) is 392 Å². The standard InChI is InChI=1S/C77H144NO8P/c1-3-5-7-9-11-13-15-17-19-21-23-25-27-29-31-32-33-34-35-36-37-38-39-40-41-42-44-46-48-50-52-54-56-58-60-62-64-66-68-70-77(80)86-75(74-85-87(81,82)84-72-71-78)73-83-76(79)69-67-65-63-61-59-57-55-53-51-49-47-45-43-30-28-26-24-22-20-18-16-14-12-10-8-6-4-2/h5,7,11,13,17,19,23,25,29,31,75H,3-4,6,8-10,12,14-16,18,20-22,24,26-28,30,32-74,78H2,1-2H3,(H,81,82)/b7-5-,13-11-,19-17-,25-23-,31-29-. The number of rotatable bonds is 72. The maximum absolute atomic E-state index is 12.8. The Bertz CT molecular complexity index is 1610. The van der Waals surface area contributed by atoms with E-state index in [0.29, 0.717) is 6.42 Å². The smallest absolute Gasteiger partial charge is 0.462 e. The van der Waals surface area contributed by atoms with Crippen molar-refractivity contribution in [3.8, 4) is 0 Å². The molecule has 0 bridgehead atoms. The summed E-state index contributed by atoms with van der Waals surface area (Å²) in [7, 11) is -4.39. The molecule has 510 valence electrons. The third-order valence-electron chi connectivity index (χ3n) is 16.9. The first-order valence-corrected chi connectivity index (χ1v) is 39.3. The molecule has 2 atom stereocenters. The molecule has 2 unspecified atom stereocenters. The summed E-state index contributed by atoms with van der Waals surface area (Å²) in [6.45, 7) is 3.71. The molecule has 0 aliphatic rings. The predicted molar refractivity (Wildman–Crippen MR) is 376 cm³/mol. The number of phosphoric acid groups is 1. The summed E-state index contributed by atoms with van der Waals surface area (Å²) in [5.41, 5.74) is 5.41. The van der Waals surface area contributed by atoms with Crippen LogP contribution in [0.25, 0.3) is 0 Å². The van der Waals surface area contributed by atoms with E-state index in [1.807, 2.05) is 0 Å². The van der Waals surface area contributed by atoms with E-state index >= 15 is 0 Å². The molecule has 87 heavy (non-hydrogen) atoms. The first-order valence-electron chi connectivity index (χ1n) is 37.8. The molecule has 3 N–H and O–H groups in total. The second kappa shape index (κ2) is 72.8. The van der Waals surface area contributed by atoms with Gasteiger partial charge in [-0.2, -0.15) is 0 Å². The highest BCUT2D eigenvalue weighted by molar-refractivity contribution is 7.47. The summed E-state index contributed by atoms with van der Waals surface area (Å²) in [5, 5.41) is 0. The van der Waals surface area contributed by atoms with Crippen molar-refractivity contribution in [2.75, 3.05) is 26.4 Å². The third-order valence-corrected chi connectivity index (χ3v) is 17.9. The van der Waals surface area contributed by atoms with Gasteiger partial charge in [-0.15, -0.1) is 0 Å². The molecular formula is C77H144NO8P. The molecular weight excluding hydrogens is 1100 g/mol. The Balaban J connectivity index is 3.77. The van der Waals surface area contributed by atoms with E-state index in [-0.39, 0.29) is 38.6 Å². The summed E-state index contributed by atoms with van der Waals surface area (Å²) >= 11 is 0. The molecule has 10 heteroatoms. The van der Waals surface area contributed by atoms with Gasteiger partial charge >= 0.3 is 19.8 Å². The van der Waals surface area contributed by atoms with E-state index in [1.54, 1.807) is 0 Å². The lowest BCUT2D eigenvalue weighted by Gasteiger charge is -2.19. The van der Waals surface area contributed by atoms with Gasteiger partial charge in [0.05, 0.1) is 13.2 Å². The van der Waals surface area contributed by atoms with Gasteiger partial charge in [0.1, 0.15) is 6.61 Å². The van der Waals surface area contributed by atoms with Crippen molar-refractivity contribution < 1.29 is 37.6 Å². The van der Waals surface area contributed by atoms with Crippen LogP contribution in [-0.4, -0.2) is 49.3 Å². The molecule has 0 aromatic heterocycles. The maximum Gasteiger partial charge on any atom is 0.472 e. The van der Waals surface area contributed by atoms with Crippen molar-refractivity contribution in [1.82, 2.24) is 0 Å². The molecule has 0 aromatic rings. The molecule has 0 rings (SSSR count). The Kier molecular flexibility index (Phi) is 70.9. The van der Waals surface area contributed by atoms with Gasteiger partial charge in [0, 0.05) is 19.4 Å². The van der Waals surface area contributed by atoms with E-state index in [4.69, 9.17) is 24.3 Å². The normalized spacial score (nSPS) is 13.2. The summed E-state index contributed by atoms with van der Waals surface area (Å²) in [4.78, 5) is 35.4. The number of phosphoric ester groups is 1. The van der Waals surface area contributed by atoms with Crippen molar-refractivity contribution in [3.05, 3.63) is 60.8 Å². The molecule has 0 fully saturated rings. The van der Waals surface area contributed by atoms with Crippen molar-refractivity contribution in [3.63, 3.8) is 0 Å². The number of unbranched alkanes of at least 4 members (excludes halogenated alkanes) is 49. The SMILES string of the molecule is CC/C=C\C/C=C\C/C=C\C/C=C\C/C=C\CCCCCCCCCCCCCCCCCCCCCCCCCC(=O)OC(COC(=O)CCCCCCCCCCCCCCCCCCCCCCCCCCCCC)COP(=O)(O)OCCN. The first-order chi connectivity index (χ1) is 42.8. The number of carbonyl (C=O) groups excluding carboxylic acids is 2. The Morgan fingerprint density at radius 3 is 0.943 bits per heavy atom. The van der Waals surface area contributed by atoms with Gasteiger partial charge in [0.2, 0.25) is 0 Å². The fourth-order valence-electron chi connectivity index (χ4n) is 11.4. The van der Waals surface area contributed by atoms with E-state index in [9.17, 15) is 19.0 Å². The molecule has 0 saturated carbocycles. The molecule has 0 amide bonds. The van der Waals surface area contributed by atoms with Gasteiger partial charge < -0.3 is 20.1 Å². The van der Waals surface area contributed by atoms with E-state index in [1.165, 1.54) is 289 Å². The monoisotopic (exact) mass is 1240 g/mol. The highest BCUT2D eigenvalue weighted by Gasteiger charge is 2.26. The minimum atomic E-state index is -4.39. The molecule has 9 nitrogen and oxygen atoms in total. The highest BCUT2D eigenvalue weighted by atomic mass is 31.2. The van der Waals surface area contributed by atoms with E-state index < -0.39 is 26.5 Å². The zero-order chi connectivity index (χ0) is 63.0. The lowest BCUT2D eigenvalue weighted by Crippen LogP contribution is -2.29. The largest absolute Gasteiger partial charge is 0.472 e. The number of hydrogen-bond donors (Lipinski definition) is 2. The summed E-state index contributed by atoms with van der Waals surface area (Å²) < 4.78 is 33.2. The second-order valence-electron chi connectivity index (χ2n) is 25.5. The first kappa shape index (κ1) is 84.7. The topological polar surface area (TPSA) is 134 Å². The molecule has 0 aromatic carbocycles. The number of allylic oxidation sites excluding steroid dienone is 10. The maximum atomic E-state index is 12.8. The van der Waals surface area contributed by atoms with Crippen LogP contribution in [0.1, 0.15) is 386 Å². The van der Waals surface area contributed by atoms with Crippen LogP contribution in [0.3, 0.4) is 0 Å². The van der Waals surface area contributed by atoms with Gasteiger partial charge in [0.25, 0.3) is 0 Å². The van der Waals surface area contributed by atoms with Crippen LogP contribution in [0.5, 0.6) is 0 Å². The Morgan fingerprint density at radius 1 is 0.356 bits per heavy atom. The molecule has 0 heterocycles. The summed E-state index contributed by atoms with van der Waals surface area (Å²) in [6, 6.07) is 0. The Morgan fingerprint density at radius 2 is 0.632 bits per heavy atom. The number of nitrogens with two attached hydrogens (primary N) is 1. The molecule has 0 aliphatic carbocycles. The van der Waals surface area contributed by atoms with E-state index in [2.05, 4.69) is 74.6 Å². The minimum absolute atomic E-state index is 0.0559. The summed E-state index contributed by atoms with van der Waals surface area (Å²) in [6.07, 6.45) is 94.9. The summed E-state index contributed by atoms with van der Waals surface area (Å²) in [5.74, 6) is -0.803. The number of carbonyl (C=O) groups is 2. The molecule has 0 saturated heterocycles. The molecule has 0 aliphatic heterocycles. The fraction of sp³-hybridized carbons (Fsp3) is 0.844. The highest BCUT2D eigenvalue weighted by Crippen LogP contribution is 2.43. The zero-order valence-electron chi connectivity index (χ0n) is 57.5. The van der Waals surface area contributed by atoms with Crippen molar-refractivity contribution >= 4 is 19.8 Å². The Hall–Kier alpha value is -2.29. The van der Waals surface area contributed by atoms with Crippen LogP contribution in [-0.2, 0) is 32.7 Å². The predicted octanol–water partition coefficient (Wildman–Crippen LogP) is 25.0. The minimum Gasteiger partial charge on any atom is -0.462 e.